The lowest BCUT2D eigenvalue weighted by Gasteiger charge is -2.14. The zero-order chi connectivity index (χ0) is 17.3. The van der Waals surface area contributed by atoms with Crippen LogP contribution in [0.2, 0.25) is 0 Å². The molecular formula is C14H19NO7. The molecule has 4 N–H and O–H groups in total. The monoisotopic (exact) mass is 313 g/mol. The van der Waals surface area contributed by atoms with Crippen LogP contribution in [-0.4, -0.2) is 46.3 Å². The third-order valence-electron chi connectivity index (χ3n) is 2.36. The average molecular weight is 313 g/mol. The second-order valence-electron chi connectivity index (χ2n) is 4.32. The Kier molecular flexibility index (Phi) is 8.06. The SMILES string of the molecule is CC(=O)O.COc1cc(CC(NC(C)=O)C(=O)O)ccc1O. The Morgan fingerprint density at radius 3 is 2.18 bits per heavy atom. The van der Waals surface area contributed by atoms with E-state index in [9.17, 15) is 14.7 Å². The zero-order valence-corrected chi connectivity index (χ0v) is 12.5. The third kappa shape index (κ3) is 7.73. The van der Waals surface area contributed by atoms with Crippen molar-refractivity contribution >= 4 is 17.8 Å². The quantitative estimate of drug-likeness (QED) is 0.626. The van der Waals surface area contributed by atoms with Crippen molar-refractivity contribution in [1.82, 2.24) is 5.32 Å². The Balaban J connectivity index is 0.000000980. The van der Waals surface area contributed by atoms with E-state index in [-0.39, 0.29) is 17.9 Å². The van der Waals surface area contributed by atoms with Crippen molar-refractivity contribution < 1.29 is 34.4 Å². The van der Waals surface area contributed by atoms with E-state index in [4.69, 9.17) is 19.7 Å². The van der Waals surface area contributed by atoms with Crippen LogP contribution in [0, 0.1) is 0 Å². The number of phenolic OH excluding ortho intramolecular Hbond substituents is 1. The number of amides is 1. The number of benzene rings is 1. The molecule has 1 unspecified atom stereocenters. The van der Waals surface area contributed by atoms with Crippen LogP contribution in [-0.2, 0) is 20.8 Å². The van der Waals surface area contributed by atoms with E-state index in [0.29, 0.717) is 5.56 Å². The fourth-order valence-corrected chi connectivity index (χ4v) is 1.53. The molecule has 8 heteroatoms. The number of methoxy groups -OCH3 is 1. The first-order chi connectivity index (χ1) is 10.2. The van der Waals surface area contributed by atoms with Crippen LogP contribution in [0.1, 0.15) is 19.4 Å². The maximum absolute atomic E-state index is 11.0. The number of rotatable bonds is 5. The Labute approximate surface area is 127 Å². The minimum absolute atomic E-state index is 0.0207. The minimum atomic E-state index is -1.11. The first kappa shape index (κ1) is 19.2. The second kappa shape index (κ2) is 9.22. The van der Waals surface area contributed by atoms with Gasteiger partial charge in [-0.05, 0) is 17.7 Å². The summed E-state index contributed by atoms with van der Waals surface area (Å²) in [5, 5.41) is 28.1. The van der Waals surface area contributed by atoms with E-state index in [1.165, 1.54) is 26.2 Å². The van der Waals surface area contributed by atoms with Crippen LogP contribution in [0.4, 0.5) is 0 Å². The zero-order valence-electron chi connectivity index (χ0n) is 12.5. The van der Waals surface area contributed by atoms with Crippen LogP contribution in [0.5, 0.6) is 11.5 Å². The predicted molar refractivity (Wildman–Crippen MR) is 76.9 cm³/mol. The third-order valence-corrected chi connectivity index (χ3v) is 2.36. The van der Waals surface area contributed by atoms with Gasteiger partial charge in [-0.25, -0.2) is 4.79 Å². The largest absolute Gasteiger partial charge is 0.504 e. The molecule has 1 amide bonds. The summed E-state index contributed by atoms with van der Waals surface area (Å²) in [5.41, 5.74) is 0.644. The van der Waals surface area contributed by atoms with Crippen molar-refractivity contribution in [2.45, 2.75) is 26.3 Å². The highest BCUT2D eigenvalue weighted by Crippen LogP contribution is 2.26. The molecule has 1 aromatic rings. The van der Waals surface area contributed by atoms with Crippen LogP contribution in [0.3, 0.4) is 0 Å². The van der Waals surface area contributed by atoms with Crippen LogP contribution < -0.4 is 10.1 Å². The molecule has 0 aliphatic heterocycles. The number of carbonyl (C=O) groups excluding carboxylic acids is 1. The second-order valence-corrected chi connectivity index (χ2v) is 4.32. The topological polar surface area (TPSA) is 133 Å². The van der Waals surface area contributed by atoms with E-state index < -0.39 is 23.9 Å². The van der Waals surface area contributed by atoms with Crippen molar-refractivity contribution in [3.8, 4) is 11.5 Å². The molecule has 0 aromatic heterocycles. The maximum Gasteiger partial charge on any atom is 0.326 e. The van der Waals surface area contributed by atoms with Gasteiger partial charge in [0.05, 0.1) is 7.11 Å². The average Bonchev–Trinajstić information content (AvgIpc) is 2.38. The first-order valence-electron chi connectivity index (χ1n) is 6.22. The number of aliphatic carboxylic acids is 2. The standard InChI is InChI=1S/C12H15NO5.C2H4O2/c1-7(14)13-9(12(16)17)5-8-3-4-10(15)11(6-8)18-2;1-2(3)4/h3-4,6,9,15H,5H2,1-2H3,(H,13,14)(H,16,17);1H3,(H,3,4). The number of hydrogen-bond donors (Lipinski definition) is 4. The number of nitrogens with one attached hydrogen (secondary N) is 1. The van der Waals surface area contributed by atoms with Crippen LogP contribution in [0.25, 0.3) is 0 Å². The summed E-state index contributed by atoms with van der Waals surface area (Å²) in [6.07, 6.45) is 0.117. The molecule has 122 valence electrons. The van der Waals surface area contributed by atoms with Crippen LogP contribution in [0.15, 0.2) is 18.2 Å². The van der Waals surface area contributed by atoms with Gasteiger partial charge >= 0.3 is 5.97 Å². The van der Waals surface area contributed by atoms with Crippen LogP contribution >= 0.6 is 0 Å². The predicted octanol–water partition coefficient (Wildman–Crippen LogP) is 0.624. The van der Waals surface area contributed by atoms with Gasteiger partial charge in [-0.1, -0.05) is 6.07 Å². The highest BCUT2D eigenvalue weighted by molar-refractivity contribution is 5.82. The molecule has 0 saturated carbocycles. The number of carboxylic acid groups (broad SMARTS) is 2. The summed E-state index contributed by atoms with van der Waals surface area (Å²) in [6.45, 7) is 2.34. The van der Waals surface area contributed by atoms with Crippen molar-refractivity contribution in [2.24, 2.45) is 0 Å². The van der Waals surface area contributed by atoms with E-state index in [0.717, 1.165) is 6.92 Å². The van der Waals surface area contributed by atoms with Gasteiger partial charge in [0.25, 0.3) is 5.97 Å². The molecule has 1 aromatic carbocycles. The van der Waals surface area contributed by atoms with Gasteiger partial charge in [0, 0.05) is 20.3 Å². The van der Waals surface area contributed by atoms with E-state index in [2.05, 4.69) is 5.32 Å². The van der Waals surface area contributed by atoms with Gasteiger partial charge in [-0.2, -0.15) is 0 Å². The lowest BCUT2D eigenvalue weighted by Crippen LogP contribution is -2.41. The molecule has 0 heterocycles. The van der Waals surface area contributed by atoms with Crippen molar-refractivity contribution in [2.75, 3.05) is 7.11 Å². The van der Waals surface area contributed by atoms with E-state index in [1.54, 1.807) is 6.07 Å². The first-order valence-corrected chi connectivity index (χ1v) is 6.22. The summed E-state index contributed by atoms with van der Waals surface area (Å²) >= 11 is 0. The summed E-state index contributed by atoms with van der Waals surface area (Å²) in [7, 11) is 1.40. The number of hydrogen-bond acceptors (Lipinski definition) is 5. The van der Waals surface area contributed by atoms with Gasteiger partial charge in [0.15, 0.2) is 11.5 Å². The van der Waals surface area contributed by atoms with Crippen molar-refractivity contribution in [3.63, 3.8) is 0 Å². The summed E-state index contributed by atoms with van der Waals surface area (Å²) < 4.78 is 4.92. The molecule has 0 aliphatic rings. The number of carbonyl (C=O) groups is 3. The van der Waals surface area contributed by atoms with Gasteiger partial charge in [-0.15, -0.1) is 0 Å². The van der Waals surface area contributed by atoms with E-state index >= 15 is 0 Å². The Hall–Kier alpha value is -2.77. The Morgan fingerprint density at radius 1 is 1.23 bits per heavy atom. The summed E-state index contributed by atoms with van der Waals surface area (Å²) in [5.74, 6) is -2.11. The minimum Gasteiger partial charge on any atom is -0.504 e. The number of carboxylic acids is 2. The van der Waals surface area contributed by atoms with Crippen molar-refractivity contribution in [3.05, 3.63) is 23.8 Å². The summed E-state index contributed by atoms with van der Waals surface area (Å²) in [4.78, 5) is 30.9. The van der Waals surface area contributed by atoms with Gasteiger partial charge in [-0.3, -0.25) is 9.59 Å². The molecule has 0 spiro atoms. The number of ether oxygens (including phenoxy) is 1. The molecule has 1 rings (SSSR count). The highest BCUT2D eigenvalue weighted by atomic mass is 16.5. The van der Waals surface area contributed by atoms with Gasteiger partial charge in [0.1, 0.15) is 6.04 Å². The molecule has 0 saturated heterocycles. The molecule has 0 bridgehead atoms. The number of phenols is 1. The lowest BCUT2D eigenvalue weighted by molar-refractivity contribution is -0.141. The van der Waals surface area contributed by atoms with Gasteiger partial charge in [0.2, 0.25) is 5.91 Å². The molecule has 8 nitrogen and oxygen atoms in total. The molecule has 0 fully saturated rings. The lowest BCUT2D eigenvalue weighted by atomic mass is 10.1. The number of aromatic hydroxyl groups is 1. The maximum atomic E-state index is 11.0. The normalized spacial score (nSPS) is 10.7. The molecule has 1 atom stereocenters. The van der Waals surface area contributed by atoms with Crippen molar-refractivity contribution in [1.29, 1.82) is 0 Å². The summed E-state index contributed by atoms with van der Waals surface area (Å²) in [6, 6.07) is 3.53. The molecular weight excluding hydrogens is 294 g/mol. The Morgan fingerprint density at radius 2 is 1.77 bits per heavy atom. The fraction of sp³-hybridized carbons (Fsp3) is 0.357. The highest BCUT2D eigenvalue weighted by Gasteiger charge is 2.19. The molecule has 0 radical (unpaired) electrons. The van der Waals surface area contributed by atoms with E-state index in [1.807, 2.05) is 0 Å². The smallest absolute Gasteiger partial charge is 0.326 e. The Bertz CT molecular complexity index is 538. The fourth-order valence-electron chi connectivity index (χ4n) is 1.53. The molecule has 22 heavy (non-hydrogen) atoms. The molecule has 0 aliphatic carbocycles. The van der Waals surface area contributed by atoms with Gasteiger partial charge < -0.3 is 25.4 Å².